The fraction of sp³-hybridized carbons (Fsp3) is 0.550. The maximum absolute atomic E-state index is 12.7. The molecule has 2 aliphatic rings. The van der Waals surface area contributed by atoms with E-state index in [1.807, 2.05) is 30.5 Å². The van der Waals surface area contributed by atoms with Gasteiger partial charge in [-0.25, -0.2) is 0 Å². The van der Waals surface area contributed by atoms with Gasteiger partial charge in [0.05, 0.1) is 5.52 Å². The molecule has 2 amide bonds. The molecule has 1 saturated heterocycles. The van der Waals surface area contributed by atoms with Gasteiger partial charge in [0.25, 0.3) is 5.91 Å². The first kappa shape index (κ1) is 17.1. The highest BCUT2D eigenvalue weighted by atomic mass is 16.2. The number of pyridine rings is 1. The summed E-state index contributed by atoms with van der Waals surface area (Å²) >= 11 is 0. The first-order valence-corrected chi connectivity index (χ1v) is 9.48. The van der Waals surface area contributed by atoms with Gasteiger partial charge in [-0.1, -0.05) is 13.8 Å². The smallest absolute Gasteiger partial charge is 0.265 e. The van der Waals surface area contributed by atoms with Crippen LogP contribution in [-0.2, 0) is 11.3 Å². The summed E-state index contributed by atoms with van der Waals surface area (Å²) in [6.07, 6.45) is 7.81. The van der Waals surface area contributed by atoms with Crippen molar-refractivity contribution < 1.29 is 9.59 Å². The molecule has 1 saturated carbocycles. The second-order valence-electron chi connectivity index (χ2n) is 8.05. The quantitative estimate of drug-likeness (QED) is 0.916. The molecule has 2 aromatic rings. The molecule has 6 heteroatoms. The average Bonchev–Trinajstić information content (AvgIpc) is 3.14. The summed E-state index contributed by atoms with van der Waals surface area (Å²) in [5.41, 5.74) is 7.09. The van der Waals surface area contributed by atoms with E-state index in [0.29, 0.717) is 18.2 Å². The van der Waals surface area contributed by atoms with Crippen LogP contribution < -0.4 is 5.73 Å². The van der Waals surface area contributed by atoms with E-state index in [9.17, 15) is 9.59 Å². The summed E-state index contributed by atoms with van der Waals surface area (Å²) in [7, 11) is 0. The lowest BCUT2D eigenvalue weighted by molar-refractivity contribution is -0.139. The van der Waals surface area contributed by atoms with Gasteiger partial charge in [0.1, 0.15) is 5.69 Å². The van der Waals surface area contributed by atoms with Gasteiger partial charge < -0.3 is 15.2 Å². The molecule has 0 bridgehead atoms. The molecule has 1 spiro atoms. The predicted octanol–water partition coefficient (Wildman–Crippen LogP) is 2.56. The van der Waals surface area contributed by atoms with Gasteiger partial charge >= 0.3 is 0 Å². The van der Waals surface area contributed by atoms with Crippen LogP contribution in [0.5, 0.6) is 0 Å². The number of hydrogen-bond donors (Lipinski definition) is 1. The summed E-state index contributed by atoms with van der Waals surface area (Å²) < 4.78 is 2.02. The molecule has 2 fully saturated rings. The van der Waals surface area contributed by atoms with E-state index in [2.05, 4.69) is 9.88 Å². The minimum absolute atomic E-state index is 0.0193. The van der Waals surface area contributed by atoms with Crippen molar-refractivity contribution in [2.45, 2.75) is 51.6 Å². The monoisotopic (exact) mass is 354 g/mol. The van der Waals surface area contributed by atoms with Crippen LogP contribution in [-0.4, -0.2) is 38.3 Å². The van der Waals surface area contributed by atoms with E-state index in [1.165, 1.54) is 0 Å². The highest BCUT2D eigenvalue weighted by molar-refractivity contribution is 5.97. The van der Waals surface area contributed by atoms with Gasteiger partial charge in [-0.15, -0.1) is 0 Å². The molecule has 1 aliphatic carbocycles. The number of aromatic nitrogens is 2. The summed E-state index contributed by atoms with van der Waals surface area (Å²) in [4.78, 5) is 30.9. The third-order valence-corrected chi connectivity index (χ3v) is 6.10. The lowest BCUT2D eigenvalue weighted by atomic mass is 9.95. The molecular formula is C20H26N4O2. The second kappa shape index (κ2) is 6.11. The van der Waals surface area contributed by atoms with Crippen LogP contribution in [0.3, 0.4) is 0 Å². The van der Waals surface area contributed by atoms with E-state index >= 15 is 0 Å². The maximum Gasteiger partial charge on any atom is 0.265 e. The Balaban J connectivity index is 1.65. The fourth-order valence-corrected chi connectivity index (χ4v) is 4.67. The number of hydrogen-bond acceptors (Lipinski definition) is 3. The lowest BCUT2D eigenvalue weighted by Gasteiger charge is -2.38. The van der Waals surface area contributed by atoms with Crippen molar-refractivity contribution in [1.29, 1.82) is 0 Å². The topological polar surface area (TPSA) is 81.2 Å². The zero-order valence-corrected chi connectivity index (χ0v) is 15.4. The fourth-order valence-electron chi connectivity index (χ4n) is 4.67. The Morgan fingerprint density at radius 3 is 2.92 bits per heavy atom. The summed E-state index contributed by atoms with van der Waals surface area (Å²) in [6, 6.07) is 3.74. The normalized spacial score (nSPS) is 25.2. The zero-order valence-electron chi connectivity index (χ0n) is 15.4. The second-order valence-corrected chi connectivity index (χ2v) is 8.05. The molecule has 2 N–H and O–H groups in total. The number of nitrogens with zero attached hydrogens (tertiary/aromatic N) is 3. The van der Waals surface area contributed by atoms with Crippen molar-refractivity contribution in [1.82, 2.24) is 14.5 Å². The zero-order chi connectivity index (χ0) is 18.5. The molecule has 3 heterocycles. The van der Waals surface area contributed by atoms with Gasteiger partial charge in [0.2, 0.25) is 5.91 Å². The number of amides is 2. The molecule has 0 radical (unpaired) electrons. The van der Waals surface area contributed by atoms with Gasteiger partial charge in [0.15, 0.2) is 0 Å². The van der Waals surface area contributed by atoms with Crippen LogP contribution in [0, 0.1) is 11.8 Å². The Morgan fingerprint density at radius 1 is 1.38 bits per heavy atom. The van der Waals surface area contributed by atoms with Crippen LogP contribution in [0.25, 0.3) is 10.9 Å². The number of piperidine rings is 1. The van der Waals surface area contributed by atoms with E-state index in [1.54, 1.807) is 12.4 Å². The van der Waals surface area contributed by atoms with Crippen molar-refractivity contribution in [2.24, 2.45) is 17.6 Å². The van der Waals surface area contributed by atoms with Gasteiger partial charge in [-0.05, 0) is 37.8 Å². The number of primary amides is 1. The Labute approximate surface area is 153 Å². The Kier molecular flexibility index (Phi) is 4.01. The van der Waals surface area contributed by atoms with Crippen molar-refractivity contribution in [3.05, 3.63) is 30.2 Å². The molecule has 4 rings (SSSR count). The highest BCUT2D eigenvalue weighted by Crippen LogP contribution is 2.55. The Hall–Kier alpha value is -2.37. The summed E-state index contributed by atoms with van der Waals surface area (Å²) in [5, 5.41) is 0.926. The van der Waals surface area contributed by atoms with Crippen molar-refractivity contribution in [2.75, 3.05) is 6.54 Å². The number of fused-ring (bicyclic) bond motifs is 1. The lowest BCUT2D eigenvalue weighted by Crippen LogP contribution is -2.48. The maximum atomic E-state index is 12.7. The number of likely N-dealkylation sites (tertiary alicyclic amines) is 1. The molecule has 26 heavy (non-hydrogen) atoms. The minimum Gasteiger partial charge on any atom is -0.364 e. The largest absolute Gasteiger partial charge is 0.364 e. The third kappa shape index (κ3) is 2.59. The molecule has 0 aromatic carbocycles. The predicted molar refractivity (Wildman–Crippen MR) is 99.5 cm³/mol. The number of carbonyl (C=O) groups is 2. The Bertz CT molecular complexity index is 872. The molecule has 138 valence electrons. The summed E-state index contributed by atoms with van der Waals surface area (Å²) in [5.74, 6) is 0.219. The SMILES string of the molecule is CC(C)C(=O)N1CCCCC12CC2Cn1c(C(N)=O)cc2cnccc21. The number of rotatable bonds is 4. The van der Waals surface area contributed by atoms with Crippen LogP contribution >= 0.6 is 0 Å². The highest BCUT2D eigenvalue weighted by Gasteiger charge is 2.60. The van der Waals surface area contributed by atoms with Crippen molar-refractivity contribution in [3.8, 4) is 0 Å². The van der Waals surface area contributed by atoms with Gasteiger partial charge in [-0.3, -0.25) is 14.6 Å². The van der Waals surface area contributed by atoms with Crippen molar-refractivity contribution in [3.63, 3.8) is 0 Å². The Morgan fingerprint density at radius 2 is 2.19 bits per heavy atom. The molecule has 2 aromatic heterocycles. The van der Waals surface area contributed by atoms with E-state index in [-0.39, 0.29) is 17.4 Å². The molecular weight excluding hydrogens is 328 g/mol. The average molecular weight is 354 g/mol. The van der Waals surface area contributed by atoms with Crippen LogP contribution in [0.2, 0.25) is 0 Å². The van der Waals surface area contributed by atoms with E-state index in [0.717, 1.165) is 43.1 Å². The first-order chi connectivity index (χ1) is 12.4. The first-order valence-electron chi connectivity index (χ1n) is 9.48. The van der Waals surface area contributed by atoms with Crippen LogP contribution in [0.15, 0.2) is 24.5 Å². The third-order valence-electron chi connectivity index (χ3n) is 6.10. The molecule has 1 aliphatic heterocycles. The number of carbonyl (C=O) groups excluding carboxylic acids is 2. The molecule has 2 atom stereocenters. The molecule has 6 nitrogen and oxygen atoms in total. The number of nitrogens with two attached hydrogens (primary N) is 1. The molecule has 2 unspecified atom stereocenters. The summed E-state index contributed by atoms with van der Waals surface area (Å²) in [6.45, 7) is 5.51. The van der Waals surface area contributed by atoms with Crippen LogP contribution in [0.1, 0.15) is 50.0 Å². The van der Waals surface area contributed by atoms with Gasteiger partial charge in [-0.2, -0.15) is 0 Å². The van der Waals surface area contributed by atoms with E-state index in [4.69, 9.17) is 5.73 Å². The minimum atomic E-state index is -0.422. The van der Waals surface area contributed by atoms with E-state index < -0.39 is 5.91 Å². The van der Waals surface area contributed by atoms with Crippen LogP contribution in [0.4, 0.5) is 0 Å². The van der Waals surface area contributed by atoms with Crippen molar-refractivity contribution >= 4 is 22.7 Å². The van der Waals surface area contributed by atoms with Gasteiger partial charge in [0, 0.05) is 48.2 Å². The standard InChI is InChI=1S/C20H26N4O2/c1-13(2)19(26)24-8-4-3-6-20(24)10-15(20)12-23-16-5-7-22-11-14(16)9-17(23)18(21)25/h5,7,9,11,13,15H,3-4,6,8,10,12H2,1-2H3,(H2,21,25).